The van der Waals surface area contributed by atoms with E-state index in [4.69, 9.17) is 4.74 Å². The number of carbonyl (C=O) groups is 1. The van der Waals surface area contributed by atoms with E-state index in [1.807, 2.05) is 6.07 Å². The number of ether oxygens (including phenoxy) is 1. The van der Waals surface area contributed by atoms with Crippen molar-refractivity contribution in [3.8, 4) is 5.75 Å². The third-order valence-corrected chi connectivity index (χ3v) is 4.48. The van der Waals surface area contributed by atoms with Gasteiger partial charge in [0.15, 0.2) is 5.13 Å². The smallest absolute Gasteiger partial charge is 0.257 e. The molecular formula is C22H21FN2O2S. The van der Waals surface area contributed by atoms with Crippen molar-refractivity contribution in [1.29, 1.82) is 0 Å². The summed E-state index contributed by atoms with van der Waals surface area (Å²) in [5.41, 5.74) is 1.67. The van der Waals surface area contributed by atoms with E-state index in [1.165, 1.54) is 17.4 Å². The van der Waals surface area contributed by atoms with Crippen LogP contribution < -0.4 is 10.1 Å². The van der Waals surface area contributed by atoms with Crippen molar-refractivity contribution in [2.45, 2.75) is 13.8 Å². The monoisotopic (exact) mass is 396 g/mol. The number of anilines is 1. The van der Waals surface area contributed by atoms with Gasteiger partial charge >= 0.3 is 0 Å². The van der Waals surface area contributed by atoms with Crippen LogP contribution in [0.4, 0.5) is 9.52 Å². The normalized spacial score (nSPS) is 11.1. The van der Waals surface area contributed by atoms with Gasteiger partial charge in [-0.3, -0.25) is 10.1 Å². The van der Waals surface area contributed by atoms with Crippen LogP contribution >= 0.6 is 11.3 Å². The van der Waals surface area contributed by atoms with Gasteiger partial charge in [0.25, 0.3) is 5.91 Å². The first-order chi connectivity index (χ1) is 13.5. The molecule has 3 aromatic rings. The van der Waals surface area contributed by atoms with E-state index >= 15 is 0 Å². The molecule has 0 spiro atoms. The minimum atomic E-state index is -0.298. The van der Waals surface area contributed by atoms with Crippen molar-refractivity contribution in [3.05, 3.63) is 76.5 Å². The highest BCUT2D eigenvalue weighted by molar-refractivity contribution is 7.13. The summed E-state index contributed by atoms with van der Waals surface area (Å²) in [5.74, 6) is 0.372. The van der Waals surface area contributed by atoms with E-state index in [2.05, 4.69) is 24.1 Å². The summed E-state index contributed by atoms with van der Waals surface area (Å²) < 4.78 is 19.7. The average molecular weight is 396 g/mol. The van der Waals surface area contributed by atoms with Crippen LogP contribution in [0.2, 0.25) is 0 Å². The third-order valence-electron chi connectivity index (χ3n) is 3.79. The number of amides is 1. The van der Waals surface area contributed by atoms with Crippen LogP contribution in [0.3, 0.4) is 0 Å². The van der Waals surface area contributed by atoms with Crippen LogP contribution in [-0.2, 0) is 0 Å². The van der Waals surface area contributed by atoms with Crippen molar-refractivity contribution in [3.63, 3.8) is 0 Å². The van der Waals surface area contributed by atoms with Crippen LogP contribution in [-0.4, -0.2) is 17.5 Å². The van der Waals surface area contributed by atoms with Gasteiger partial charge in [-0.05, 0) is 35.7 Å². The van der Waals surface area contributed by atoms with Gasteiger partial charge in [0.1, 0.15) is 11.6 Å². The second kappa shape index (κ2) is 9.28. The number of rotatable bonds is 7. The molecule has 6 heteroatoms. The number of hydrogen-bond donors (Lipinski definition) is 1. The van der Waals surface area contributed by atoms with Gasteiger partial charge < -0.3 is 4.74 Å². The number of hydrogen-bond acceptors (Lipinski definition) is 4. The molecule has 4 nitrogen and oxygen atoms in total. The molecule has 0 bridgehead atoms. The Kier molecular flexibility index (Phi) is 6.55. The second-order valence-corrected chi connectivity index (χ2v) is 7.54. The molecule has 0 saturated heterocycles. The molecule has 1 N–H and O–H groups in total. The predicted molar refractivity (Wildman–Crippen MR) is 112 cm³/mol. The molecule has 0 unspecified atom stereocenters. The predicted octanol–water partition coefficient (Wildman–Crippen LogP) is 5.74. The van der Waals surface area contributed by atoms with E-state index in [0.717, 1.165) is 5.56 Å². The fourth-order valence-electron chi connectivity index (χ4n) is 2.45. The van der Waals surface area contributed by atoms with E-state index in [9.17, 15) is 9.18 Å². The third kappa shape index (κ3) is 5.50. The molecule has 1 amide bonds. The largest absolute Gasteiger partial charge is 0.493 e. The Bertz CT molecular complexity index is 968. The number of benzene rings is 2. The molecule has 1 heterocycles. The molecule has 1 aromatic heterocycles. The number of halogens is 1. The first-order valence-electron chi connectivity index (χ1n) is 8.92. The van der Waals surface area contributed by atoms with Crippen molar-refractivity contribution < 1.29 is 13.9 Å². The molecule has 0 aliphatic heterocycles. The van der Waals surface area contributed by atoms with E-state index in [-0.39, 0.29) is 11.7 Å². The molecule has 2 aromatic carbocycles. The lowest BCUT2D eigenvalue weighted by atomic mass is 10.1. The molecule has 0 fully saturated rings. The molecule has 0 atom stereocenters. The van der Waals surface area contributed by atoms with Crippen molar-refractivity contribution >= 4 is 34.5 Å². The zero-order valence-corrected chi connectivity index (χ0v) is 16.5. The first kappa shape index (κ1) is 19.8. The Morgan fingerprint density at radius 3 is 2.79 bits per heavy atom. The summed E-state index contributed by atoms with van der Waals surface area (Å²) in [6.45, 7) is 4.64. The van der Waals surface area contributed by atoms with Gasteiger partial charge in [0.2, 0.25) is 0 Å². The lowest BCUT2D eigenvalue weighted by Gasteiger charge is -2.11. The SMILES string of the molecule is CC(C)COc1cc(/C=C/c2ccccc2F)cc(C(=O)Nc2nccs2)c1. The maximum absolute atomic E-state index is 13.9. The molecule has 0 saturated carbocycles. The maximum atomic E-state index is 13.9. The summed E-state index contributed by atoms with van der Waals surface area (Å²) in [5, 5.41) is 5.09. The number of aromatic nitrogens is 1. The van der Waals surface area contributed by atoms with E-state index in [1.54, 1.807) is 54.1 Å². The van der Waals surface area contributed by atoms with Crippen LogP contribution in [0, 0.1) is 11.7 Å². The fourth-order valence-corrected chi connectivity index (χ4v) is 2.97. The molecule has 28 heavy (non-hydrogen) atoms. The zero-order valence-electron chi connectivity index (χ0n) is 15.7. The first-order valence-corrected chi connectivity index (χ1v) is 9.80. The Balaban J connectivity index is 1.88. The molecule has 144 valence electrons. The average Bonchev–Trinajstić information content (AvgIpc) is 3.18. The van der Waals surface area contributed by atoms with Crippen LogP contribution in [0.5, 0.6) is 5.75 Å². The highest BCUT2D eigenvalue weighted by Gasteiger charge is 2.11. The topological polar surface area (TPSA) is 51.2 Å². The summed E-state index contributed by atoms with van der Waals surface area (Å²) in [7, 11) is 0. The Morgan fingerprint density at radius 1 is 1.25 bits per heavy atom. The zero-order chi connectivity index (χ0) is 19.9. The summed E-state index contributed by atoms with van der Waals surface area (Å²) in [6.07, 6.45) is 5.07. The van der Waals surface area contributed by atoms with Gasteiger partial charge in [-0.2, -0.15) is 0 Å². The lowest BCUT2D eigenvalue weighted by molar-refractivity contribution is 0.102. The number of thiazole rings is 1. The van der Waals surface area contributed by atoms with Gasteiger partial charge in [-0.25, -0.2) is 9.37 Å². The highest BCUT2D eigenvalue weighted by Crippen LogP contribution is 2.22. The molecule has 0 aliphatic rings. The summed E-state index contributed by atoms with van der Waals surface area (Å²) in [6, 6.07) is 11.8. The van der Waals surface area contributed by atoms with Crippen molar-refractivity contribution in [1.82, 2.24) is 4.98 Å². The Hall–Kier alpha value is -2.99. The molecule has 0 aliphatic carbocycles. The minimum absolute atomic E-state index is 0.273. The van der Waals surface area contributed by atoms with Gasteiger partial charge in [0, 0.05) is 22.7 Å². The van der Waals surface area contributed by atoms with Crippen LogP contribution in [0.1, 0.15) is 35.3 Å². The number of nitrogens with one attached hydrogen (secondary N) is 1. The Morgan fingerprint density at radius 2 is 2.07 bits per heavy atom. The number of carbonyl (C=O) groups excluding carboxylic acids is 1. The van der Waals surface area contributed by atoms with E-state index < -0.39 is 0 Å². The van der Waals surface area contributed by atoms with Gasteiger partial charge in [-0.1, -0.05) is 44.2 Å². The maximum Gasteiger partial charge on any atom is 0.257 e. The molecule has 3 rings (SSSR count). The van der Waals surface area contributed by atoms with Crippen molar-refractivity contribution in [2.24, 2.45) is 5.92 Å². The lowest BCUT2D eigenvalue weighted by Crippen LogP contribution is -2.12. The van der Waals surface area contributed by atoms with Gasteiger partial charge in [0.05, 0.1) is 6.61 Å². The van der Waals surface area contributed by atoms with Crippen LogP contribution in [0.25, 0.3) is 12.2 Å². The van der Waals surface area contributed by atoms with E-state index in [0.29, 0.717) is 34.5 Å². The number of nitrogens with zero attached hydrogens (tertiary/aromatic N) is 1. The highest BCUT2D eigenvalue weighted by atomic mass is 32.1. The van der Waals surface area contributed by atoms with Crippen molar-refractivity contribution in [2.75, 3.05) is 11.9 Å². The Labute approximate surface area is 167 Å². The fraction of sp³-hybridized carbons (Fsp3) is 0.182. The minimum Gasteiger partial charge on any atom is -0.493 e. The standard InChI is InChI=1S/C22H21FN2O2S/c1-15(2)14-27-19-12-16(7-8-17-5-3-4-6-20(17)23)11-18(13-19)21(26)25-22-24-9-10-28-22/h3-13,15H,14H2,1-2H3,(H,24,25,26)/b8-7+. The van der Waals surface area contributed by atoms with Gasteiger partial charge in [-0.15, -0.1) is 11.3 Å². The quantitative estimate of drug-likeness (QED) is 0.518. The molecule has 0 radical (unpaired) electrons. The second-order valence-electron chi connectivity index (χ2n) is 6.64. The molecular weight excluding hydrogens is 375 g/mol. The van der Waals surface area contributed by atoms with Crippen LogP contribution in [0.15, 0.2) is 54.0 Å². The summed E-state index contributed by atoms with van der Waals surface area (Å²) in [4.78, 5) is 16.7. The summed E-state index contributed by atoms with van der Waals surface area (Å²) >= 11 is 1.35.